The molecule has 9 heteroatoms. The van der Waals surface area contributed by atoms with Crippen LogP contribution in [0.5, 0.6) is 0 Å². The zero-order valence-corrected chi connectivity index (χ0v) is 13.2. The van der Waals surface area contributed by atoms with Crippen molar-refractivity contribution in [2.24, 2.45) is 0 Å². The molecule has 0 aromatic carbocycles. The molecule has 20 heavy (non-hydrogen) atoms. The van der Waals surface area contributed by atoms with Gasteiger partial charge in [-0.3, -0.25) is 4.90 Å². The highest BCUT2D eigenvalue weighted by molar-refractivity contribution is 9.10. The topological polar surface area (TPSA) is 92.0 Å². The number of ether oxygens (including phenoxy) is 1. The summed E-state index contributed by atoms with van der Waals surface area (Å²) >= 11 is 3.04. The smallest absolute Gasteiger partial charge is 0.245 e. The third-order valence-electron chi connectivity index (χ3n) is 2.98. The van der Waals surface area contributed by atoms with Crippen LogP contribution < -0.4 is 4.72 Å². The molecule has 0 aliphatic carbocycles. The summed E-state index contributed by atoms with van der Waals surface area (Å²) in [6.45, 7) is 3.58. The van der Waals surface area contributed by atoms with Crippen molar-refractivity contribution in [3.8, 4) is 0 Å². The highest BCUT2D eigenvalue weighted by atomic mass is 79.9. The third-order valence-corrected chi connectivity index (χ3v) is 5.29. The number of morpholine rings is 1. The van der Waals surface area contributed by atoms with E-state index in [9.17, 15) is 8.42 Å². The van der Waals surface area contributed by atoms with E-state index in [-0.39, 0.29) is 21.9 Å². The van der Waals surface area contributed by atoms with E-state index in [0.717, 1.165) is 13.1 Å². The van der Waals surface area contributed by atoms with E-state index < -0.39 is 10.0 Å². The summed E-state index contributed by atoms with van der Waals surface area (Å²) in [5.41, 5.74) is 0. The molecule has 0 saturated carbocycles. The van der Waals surface area contributed by atoms with Gasteiger partial charge >= 0.3 is 0 Å². The molecule has 2 rings (SSSR count). The van der Waals surface area contributed by atoms with Gasteiger partial charge in [0, 0.05) is 32.2 Å². The van der Waals surface area contributed by atoms with E-state index in [1.165, 1.54) is 6.07 Å². The molecule has 0 bridgehead atoms. The van der Waals surface area contributed by atoms with E-state index in [1.807, 2.05) is 0 Å². The van der Waals surface area contributed by atoms with Gasteiger partial charge in [-0.05, 0) is 15.9 Å². The van der Waals surface area contributed by atoms with Crippen LogP contribution in [0.25, 0.3) is 0 Å². The first-order valence-electron chi connectivity index (χ1n) is 6.22. The number of nitrogens with one attached hydrogen (secondary N) is 1. The molecule has 1 aromatic heterocycles. The Morgan fingerprint density at radius 1 is 1.40 bits per heavy atom. The fourth-order valence-corrected chi connectivity index (χ4v) is 3.92. The highest BCUT2D eigenvalue weighted by Crippen LogP contribution is 2.25. The minimum Gasteiger partial charge on any atom is -0.450 e. The van der Waals surface area contributed by atoms with Gasteiger partial charge in [0.15, 0.2) is 4.67 Å². The van der Waals surface area contributed by atoms with Crippen molar-refractivity contribution in [1.82, 2.24) is 9.62 Å². The number of aliphatic hydroxyl groups excluding tert-OH is 1. The summed E-state index contributed by atoms with van der Waals surface area (Å²) in [6, 6.07) is 1.31. The normalized spacial score (nSPS) is 17.5. The quantitative estimate of drug-likeness (QED) is 0.742. The standard InChI is InChI=1S/C11H17BrN2O5S/c12-11-10(7-9(8-15)19-11)20(16,17)13-1-2-14-3-5-18-6-4-14/h7,13,15H,1-6,8H2. The van der Waals surface area contributed by atoms with Gasteiger partial charge in [-0.15, -0.1) is 0 Å². The number of hydrogen-bond acceptors (Lipinski definition) is 6. The maximum atomic E-state index is 12.1. The molecule has 0 amide bonds. The second-order valence-corrected chi connectivity index (χ2v) is 6.82. The van der Waals surface area contributed by atoms with E-state index in [1.54, 1.807) is 0 Å². The van der Waals surface area contributed by atoms with Crippen LogP contribution in [0.2, 0.25) is 0 Å². The molecular weight excluding hydrogens is 352 g/mol. The average Bonchev–Trinajstić information content (AvgIpc) is 2.82. The summed E-state index contributed by atoms with van der Waals surface area (Å²) in [7, 11) is -3.64. The SMILES string of the molecule is O=S(=O)(NCCN1CCOCC1)c1cc(CO)oc1Br. The van der Waals surface area contributed by atoms with Crippen LogP contribution in [0.3, 0.4) is 0 Å². The van der Waals surface area contributed by atoms with Crippen LogP contribution in [0.15, 0.2) is 20.0 Å². The minimum absolute atomic E-state index is 0.00327. The average molecular weight is 369 g/mol. The van der Waals surface area contributed by atoms with Gasteiger partial charge in [0.05, 0.1) is 13.2 Å². The molecule has 1 aliphatic rings. The largest absolute Gasteiger partial charge is 0.450 e. The summed E-state index contributed by atoms with van der Waals surface area (Å²) < 4.78 is 37.1. The fraction of sp³-hybridized carbons (Fsp3) is 0.636. The van der Waals surface area contributed by atoms with Crippen molar-refractivity contribution in [1.29, 1.82) is 0 Å². The predicted molar refractivity (Wildman–Crippen MR) is 74.8 cm³/mol. The van der Waals surface area contributed by atoms with Crippen molar-refractivity contribution in [3.63, 3.8) is 0 Å². The second kappa shape index (κ2) is 7.01. The Kier molecular flexibility index (Phi) is 5.58. The zero-order valence-electron chi connectivity index (χ0n) is 10.8. The number of rotatable bonds is 6. The number of aliphatic hydroxyl groups is 1. The van der Waals surface area contributed by atoms with Crippen LogP contribution >= 0.6 is 15.9 Å². The summed E-state index contributed by atoms with van der Waals surface area (Å²) in [5.74, 6) is 0.199. The molecule has 2 heterocycles. The summed E-state index contributed by atoms with van der Waals surface area (Å²) in [4.78, 5) is 2.14. The van der Waals surface area contributed by atoms with Gasteiger partial charge in [-0.1, -0.05) is 0 Å². The molecular formula is C11H17BrN2O5S. The van der Waals surface area contributed by atoms with Crippen molar-refractivity contribution >= 4 is 26.0 Å². The van der Waals surface area contributed by atoms with Crippen LogP contribution in [0.1, 0.15) is 5.76 Å². The maximum Gasteiger partial charge on any atom is 0.245 e. The third kappa shape index (κ3) is 4.03. The lowest BCUT2D eigenvalue weighted by Crippen LogP contribution is -2.41. The van der Waals surface area contributed by atoms with Gasteiger partial charge in [0.25, 0.3) is 0 Å². The second-order valence-electron chi connectivity index (χ2n) is 4.36. The predicted octanol–water partition coefficient (Wildman–Crippen LogP) is 0.145. The van der Waals surface area contributed by atoms with Crippen LogP contribution in [-0.4, -0.2) is 57.8 Å². The van der Waals surface area contributed by atoms with Crippen molar-refractivity contribution in [3.05, 3.63) is 16.5 Å². The Morgan fingerprint density at radius 2 is 2.10 bits per heavy atom. The van der Waals surface area contributed by atoms with Crippen molar-refractivity contribution in [2.45, 2.75) is 11.5 Å². The van der Waals surface area contributed by atoms with E-state index in [4.69, 9.17) is 14.3 Å². The summed E-state index contributed by atoms with van der Waals surface area (Å²) in [5, 5.41) is 8.94. The maximum absolute atomic E-state index is 12.1. The first kappa shape index (κ1) is 15.9. The molecule has 114 valence electrons. The molecule has 0 atom stereocenters. The van der Waals surface area contributed by atoms with E-state index >= 15 is 0 Å². The van der Waals surface area contributed by atoms with Crippen LogP contribution in [-0.2, 0) is 21.4 Å². The lowest BCUT2D eigenvalue weighted by Gasteiger charge is -2.26. The Balaban J connectivity index is 1.91. The fourth-order valence-electron chi connectivity index (χ4n) is 1.90. The molecule has 1 fully saturated rings. The molecule has 1 aliphatic heterocycles. The molecule has 0 radical (unpaired) electrons. The first-order valence-corrected chi connectivity index (χ1v) is 8.49. The number of hydrogen-bond donors (Lipinski definition) is 2. The number of furan rings is 1. The van der Waals surface area contributed by atoms with Gasteiger partial charge in [-0.25, -0.2) is 13.1 Å². The van der Waals surface area contributed by atoms with Gasteiger partial charge in [0.1, 0.15) is 17.3 Å². The van der Waals surface area contributed by atoms with Crippen molar-refractivity contribution in [2.75, 3.05) is 39.4 Å². The minimum atomic E-state index is -3.64. The monoisotopic (exact) mass is 368 g/mol. The highest BCUT2D eigenvalue weighted by Gasteiger charge is 2.22. The molecule has 2 N–H and O–H groups in total. The summed E-state index contributed by atoms with van der Waals surface area (Å²) in [6.07, 6.45) is 0. The lowest BCUT2D eigenvalue weighted by molar-refractivity contribution is 0.0390. The number of halogens is 1. The Hall–Kier alpha value is -0.450. The Labute approximate surface area is 126 Å². The van der Waals surface area contributed by atoms with Crippen molar-refractivity contribution < 1.29 is 22.7 Å². The lowest BCUT2D eigenvalue weighted by atomic mass is 10.4. The zero-order chi connectivity index (χ0) is 14.6. The molecule has 0 spiro atoms. The van der Waals surface area contributed by atoms with Crippen LogP contribution in [0.4, 0.5) is 0 Å². The molecule has 7 nitrogen and oxygen atoms in total. The molecule has 0 unspecified atom stereocenters. The van der Waals surface area contributed by atoms with Crippen LogP contribution in [0, 0.1) is 0 Å². The Morgan fingerprint density at radius 3 is 2.70 bits per heavy atom. The first-order chi connectivity index (χ1) is 9.53. The van der Waals surface area contributed by atoms with Gasteiger partial charge in [0.2, 0.25) is 10.0 Å². The van der Waals surface area contributed by atoms with Gasteiger partial charge in [-0.2, -0.15) is 0 Å². The Bertz CT molecular complexity index is 539. The molecule has 1 aromatic rings. The van der Waals surface area contributed by atoms with E-state index in [0.29, 0.717) is 26.3 Å². The van der Waals surface area contributed by atoms with E-state index in [2.05, 4.69) is 25.6 Å². The molecule has 1 saturated heterocycles. The van der Waals surface area contributed by atoms with Gasteiger partial charge < -0.3 is 14.3 Å². The number of nitrogens with zero attached hydrogens (tertiary/aromatic N) is 1. The number of sulfonamides is 1.